The molecule has 5 heteroatoms. The van der Waals surface area contributed by atoms with Gasteiger partial charge in [-0.1, -0.05) is 6.92 Å². The Labute approximate surface area is 105 Å². The van der Waals surface area contributed by atoms with E-state index in [1.54, 1.807) is 11.4 Å². The van der Waals surface area contributed by atoms with Gasteiger partial charge in [0.05, 0.1) is 4.88 Å². The van der Waals surface area contributed by atoms with E-state index >= 15 is 0 Å². The normalized spacial score (nSPS) is 14.1. The first kappa shape index (κ1) is 13.9. The zero-order valence-corrected chi connectivity index (χ0v) is 11.0. The maximum atomic E-state index is 11.8. The molecule has 1 rings (SSSR count). The van der Waals surface area contributed by atoms with Gasteiger partial charge in [-0.25, -0.2) is 0 Å². The van der Waals surface area contributed by atoms with Crippen molar-refractivity contribution in [2.75, 3.05) is 6.61 Å². The largest absolute Gasteiger partial charge is 0.396 e. The molecule has 0 aliphatic rings. The number of Topliss-reactive ketones (excluding diaryl/α,β-unsaturated/α-hetero) is 1. The number of aliphatic hydroxyl groups is 1. The van der Waals surface area contributed by atoms with Crippen molar-refractivity contribution in [3.8, 4) is 0 Å². The number of nitrogens with one attached hydrogen (secondary N) is 1. The third-order valence-electron chi connectivity index (χ3n) is 2.73. The fourth-order valence-electron chi connectivity index (χ4n) is 1.22. The fourth-order valence-corrected chi connectivity index (χ4v) is 2.07. The van der Waals surface area contributed by atoms with Gasteiger partial charge >= 0.3 is 0 Å². The van der Waals surface area contributed by atoms with E-state index in [1.165, 1.54) is 18.3 Å². The lowest BCUT2D eigenvalue weighted by Crippen LogP contribution is -2.38. The summed E-state index contributed by atoms with van der Waals surface area (Å²) in [5.74, 6) is -0.237. The minimum atomic E-state index is -0.199. The van der Waals surface area contributed by atoms with Gasteiger partial charge in [-0.05, 0) is 25.8 Å². The zero-order valence-electron chi connectivity index (χ0n) is 10.2. The Morgan fingerprint density at radius 1 is 1.47 bits per heavy atom. The molecule has 0 aliphatic heterocycles. The van der Waals surface area contributed by atoms with Gasteiger partial charge in [0, 0.05) is 23.6 Å². The number of thiophene rings is 1. The van der Waals surface area contributed by atoms with Crippen molar-refractivity contribution in [1.82, 2.24) is 5.32 Å². The Kier molecular flexibility index (Phi) is 4.84. The Bertz CT molecular complexity index is 414. The summed E-state index contributed by atoms with van der Waals surface area (Å²) in [7, 11) is 0. The average Bonchev–Trinajstić information content (AvgIpc) is 2.77. The number of hydrogen-bond acceptors (Lipinski definition) is 4. The molecule has 0 radical (unpaired) electrons. The highest BCUT2D eigenvalue weighted by molar-refractivity contribution is 7.12. The minimum absolute atomic E-state index is 0.00573. The monoisotopic (exact) mass is 255 g/mol. The third-order valence-corrected chi connectivity index (χ3v) is 3.66. The molecule has 0 aromatic carbocycles. The van der Waals surface area contributed by atoms with Gasteiger partial charge in [0.1, 0.15) is 0 Å². The number of rotatable bonds is 5. The van der Waals surface area contributed by atoms with Crippen molar-refractivity contribution >= 4 is 23.0 Å². The van der Waals surface area contributed by atoms with Gasteiger partial charge in [-0.3, -0.25) is 9.59 Å². The van der Waals surface area contributed by atoms with E-state index in [2.05, 4.69) is 5.32 Å². The highest BCUT2D eigenvalue weighted by atomic mass is 32.1. The molecular weight excluding hydrogens is 238 g/mol. The lowest BCUT2D eigenvalue weighted by Gasteiger charge is -2.18. The van der Waals surface area contributed by atoms with Crippen molar-refractivity contribution in [1.29, 1.82) is 0 Å². The lowest BCUT2D eigenvalue weighted by molar-refractivity contribution is 0.0920. The fraction of sp³-hybridized carbons (Fsp3) is 0.500. The molecule has 2 unspecified atom stereocenters. The predicted octanol–water partition coefficient (Wildman–Crippen LogP) is 1.70. The van der Waals surface area contributed by atoms with Crippen LogP contribution in [0.2, 0.25) is 0 Å². The highest BCUT2D eigenvalue weighted by Crippen LogP contribution is 2.15. The average molecular weight is 255 g/mol. The first-order chi connectivity index (χ1) is 7.95. The van der Waals surface area contributed by atoms with Crippen LogP contribution < -0.4 is 5.32 Å². The smallest absolute Gasteiger partial charge is 0.261 e. The maximum Gasteiger partial charge on any atom is 0.261 e. The van der Waals surface area contributed by atoms with Gasteiger partial charge in [0.2, 0.25) is 0 Å². The molecule has 1 amide bonds. The standard InChI is InChI=1S/C12H17NO3S/c1-7(5-14)8(2)13-12(16)11-4-10(6-17-11)9(3)15/h4,6-8,14H,5H2,1-3H3,(H,13,16). The van der Waals surface area contributed by atoms with Gasteiger partial charge in [0.25, 0.3) is 5.91 Å². The molecule has 0 saturated carbocycles. The summed E-state index contributed by atoms with van der Waals surface area (Å²) in [6.45, 7) is 5.21. The van der Waals surface area contributed by atoms with E-state index in [0.29, 0.717) is 10.4 Å². The predicted molar refractivity (Wildman–Crippen MR) is 67.5 cm³/mol. The van der Waals surface area contributed by atoms with Crippen molar-refractivity contribution in [3.05, 3.63) is 21.9 Å². The highest BCUT2D eigenvalue weighted by Gasteiger charge is 2.16. The van der Waals surface area contributed by atoms with Gasteiger partial charge in [-0.15, -0.1) is 11.3 Å². The maximum absolute atomic E-state index is 11.8. The second-order valence-electron chi connectivity index (χ2n) is 4.18. The van der Waals surface area contributed by atoms with Crippen molar-refractivity contribution in [2.24, 2.45) is 5.92 Å². The molecule has 0 fully saturated rings. The molecule has 17 heavy (non-hydrogen) atoms. The topological polar surface area (TPSA) is 66.4 Å². The Morgan fingerprint density at radius 3 is 2.59 bits per heavy atom. The summed E-state index contributed by atoms with van der Waals surface area (Å²) in [6, 6.07) is 1.49. The molecule has 1 heterocycles. The van der Waals surface area contributed by atoms with Crippen LogP contribution in [0.3, 0.4) is 0 Å². The molecule has 2 N–H and O–H groups in total. The molecular formula is C12H17NO3S. The number of aliphatic hydroxyl groups excluding tert-OH is 1. The van der Waals surface area contributed by atoms with E-state index in [9.17, 15) is 9.59 Å². The van der Waals surface area contributed by atoms with Crippen molar-refractivity contribution < 1.29 is 14.7 Å². The van der Waals surface area contributed by atoms with Crippen molar-refractivity contribution in [2.45, 2.75) is 26.8 Å². The second kappa shape index (κ2) is 5.93. The Morgan fingerprint density at radius 2 is 2.12 bits per heavy atom. The van der Waals surface area contributed by atoms with E-state index in [-0.39, 0.29) is 30.3 Å². The van der Waals surface area contributed by atoms with E-state index in [4.69, 9.17) is 5.11 Å². The SMILES string of the molecule is CC(=O)c1csc(C(=O)NC(C)C(C)CO)c1. The zero-order chi connectivity index (χ0) is 13.0. The van der Waals surface area contributed by atoms with Gasteiger partial charge in [-0.2, -0.15) is 0 Å². The first-order valence-electron chi connectivity index (χ1n) is 5.47. The summed E-state index contributed by atoms with van der Waals surface area (Å²) in [4.78, 5) is 23.4. The van der Waals surface area contributed by atoms with E-state index in [0.717, 1.165) is 0 Å². The second-order valence-corrected chi connectivity index (χ2v) is 5.09. The van der Waals surface area contributed by atoms with Crippen LogP contribution in [-0.2, 0) is 0 Å². The number of ketones is 1. The minimum Gasteiger partial charge on any atom is -0.396 e. The molecule has 4 nitrogen and oxygen atoms in total. The number of carbonyl (C=O) groups excluding carboxylic acids is 2. The Balaban J connectivity index is 2.66. The first-order valence-corrected chi connectivity index (χ1v) is 6.34. The van der Waals surface area contributed by atoms with Crippen LogP contribution in [0, 0.1) is 5.92 Å². The molecule has 1 aromatic rings. The summed E-state index contributed by atoms with van der Waals surface area (Å²) < 4.78 is 0. The van der Waals surface area contributed by atoms with E-state index in [1.807, 2.05) is 13.8 Å². The van der Waals surface area contributed by atoms with Gasteiger partial charge < -0.3 is 10.4 Å². The van der Waals surface area contributed by atoms with E-state index < -0.39 is 0 Å². The summed E-state index contributed by atoms with van der Waals surface area (Å²) in [5, 5.41) is 13.4. The number of hydrogen-bond donors (Lipinski definition) is 2. The number of carbonyl (C=O) groups is 2. The quantitative estimate of drug-likeness (QED) is 0.787. The van der Waals surface area contributed by atoms with Crippen LogP contribution >= 0.6 is 11.3 Å². The van der Waals surface area contributed by atoms with Crippen LogP contribution in [0.25, 0.3) is 0 Å². The van der Waals surface area contributed by atoms with Crippen LogP contribution in [0.1, 0.15) is 40.8 Å². The molecule has 0 bridgehead atoms. The van der Waals surface area contributed by atoms with Gasteiger partial charge in [0.15, 0.2) is 5.78 Å². The summed E-state index contributed by atoms with van der Waals surface area (Å²) in [6.07, 6.45) is 0. The molecule has 94 valence electrons. The molecule has 1 aromatic heterocycles. The third kappa shape index (κ3) is 3.64. The van der Waals surface area contributed by atoms with Crippen LogP contribution in [-0.4, -0.2) is 29.4 Å². The molecule has 2 atom stereocenters. The van der Waals surface area contributed by atoms with Crippen LogP contribution in [0.15, 0.2) is 11.4 Å². The molecule has 0 spiro atoms. The molecule has 0 aliphatic carbocycles. The summed E-state index contributed by atoms with van der Waals surface area (Å²) >= 11 is 1.25. The Hall–Kier alpha value is -1.20. The summed E-state index contributed by atoms with van der Waals surface area (Å²) in [5.41, 5.74) is 0.558. The van der Waals surface area contributed by atoms with Crippen molar-refractivity contribution in [3.63, 3.8) is 0 Å². The molecule has 0 saturated heterocycles. The lowest BCUT2D eigenvalue weighted by atomic mass is 10.1. The van der Waals surface area contributed by atoms with Crippen LogP contribution in [0.5, 0.6) is 0 Å². The number of amides is 1. The van der Waals surface area contributed by atoms with Crippen LogP contribution in [0.4, 0.5) is 0 Å².